The molecule has 4 rings (SSSR count). The number of amides is 1. The number of nitrogens with zero attached hydrogens (tertiary/aromatic N) is 5. The Morgan fingerprint density at radius 3 is 1.66 bits per heavy atom. The van der Waals surface area contributed by atoms with Gasteiger partial charge in [0.25, 0.3) is 0 Å². The Morgan fingerprint density at radius 1 is 0.755 bits per heavy atom. The third-order valence-electron chi connectivity index (χ3n) is 7.26. The van der Waals surface area contributed by atoms with E-state index in [1.165, 1.54) is 25.3 Å². The van der Waals surface area contributed by atoms with E-state index in [9.17, 15) is 14.4 Å². The summed E-state index contributed by atoms with van der Waals surface area (Å²) in [5.41, 5.74) is 15.5. The smallest absolute Gasteiger partial charge is 0.410 e. The van der Waals surface area contributed by atoms with Crippen LogP contribution in [-0.4, -0.2) is 89.5 Å². The van der Waals surface area contributed by atoms with Crippen LogP contribution in [0.4, 0.5) is 16.4 Å². The van der Waals surface area contributed by atoms with Crippen LogP contribution in [0, 0.1) is 0 Å². The van der Waals surface area contributed by atoms with Crippen LogP contribution in [-0.2, 0) is 36.9 Å². The molecule has 0 aliphatic rings. The number of ether oxygens (including phenoxy) is 5. The molecule has 2 aromatic carbocycles. The summed E-state index contributed by atoms with van der Waals surface area (Å²) >= 11 is 0. The number of nitrogens with two attached hydrogens (primary N) is 2. The maximum atomic E-state index is 11.9. The molecule has 15 nitrogen and oxygen atoms in total. The number of methoxy groups -OCH3 is 2. The number of anilines is 2. The molecule has 0 bridgehead atoms. The normalized spacial score (nSPS) is 10.8. The minimum Gasteiger partial charge on any atom is -0.464 e. The first-order valence-electron chi connectivity index (χ1n) is 17.0. The van der Waals surface area contributed by atoms with E-state index in [1.807, 2.05) is 69.3 Å². The van der Waals surface area contributed by atoms with Gasteiger partial charge in [-0.3, -0.25) is 0 Å². The quantitative estimate of drug-likeness (QED) is 0.0904. The van der Waals surface area contributed by atoms with Gasteiger partial charge < -0.3 is 40.1 Å². The summed E-state index contributed by atoms with van der Waals surface area (Å²) in [6.07, 6.45) is 4.80. The Kier molecular flexibility index (Phi) is 16.1. The van der Waals surface area contributed by atoms with E-state index in [0.717, 1.165) is 41.7 Å². The van der Waals surface area contributed by atoms with Gasteiger partial charge >= 0.3 is 18.0 Å². The van der Waals surface area contributed by atoms with Crippen molar-refractivity contribution in [3.05, 3.63) is 83.4 Å². The average molecular weight is 732 g/mol. The number of hydrogen-bond acceptors (Lipinski definition) is 14. The highest BCUT2D eigenvalue weighted by Crippen LogP contribution is 2.22. The number of rotatable bonds is 14. The standard InChI is InChI=1S/C21H28N4O5.C17H21N3O3/c1-21(2,3)30-20(27)25(4)9-10-29-13-14-7-6-8-15(11-14)16-12-23-18(22)17(24-16)19(26)28-5;1-3-4-8-23-11-12-6-5-7-13(9-12)14-10-19-16(18)15(20-14)17(21)22-2/h6-8,11-12H,9-10,13H2,1-5H3,(H2,22,23);5-7,9-10H,3-4,8,11H2,1-2H3,(H2,18,19). The number of aromatic nitrogens is 4. The predicted molar refractivity (Wildman–Crippen MR) is 200 cm³/mol. The molecule has 0 saturated carbocycles. The van der Waals surface area contributed by atoms with Crippen molar-refractivity contribution in [2.75, 3.05) is 52.5 Å². The molecular weight excluding hydrogens is 682 g/mol. The van der Waals surface area contributed by atoms with Gasteiger partial charge in [-0.1, -0.05) is 49.7 Å². The number of nitrogen functional groups attached to an aromatic ring is 2. The average Bonchev–Trinajstić information content (AvgIpc) is 3.14. The van der Waals surface area contributed by atoms with E-state index in [0.29, 0.717) is 37.8 Å². The number of likely N-dealkylation sites (N-methyl/N-ethyl adjacent to an activating group) is 1. The third-order valence-corrected chi connectivity index (χ3v) is 7.26. The summed E-state index contributed by atoms with van der Waals surface area (Å²) in [7, 11) is 4.20. The van der Waals surface area contributed by atoms with Gasteiger partial charge in [-0.15, -0.1) is 0 Å². The zero-order chi connectivity index (χ0) is 39.0. The molecular formula is C38H49N7O8. The van der Waals surface area contributed by atoms with Gasteiger partial charge in [-0.2, -0.15) is 0 Å². The molecule has 0 spiro atoms. The number of carbonyl (C=O) groups excluding carboxylic acids is 3. The largest absolute Gasteiger partial charge is 0.464 e. The second-order valence-electron chi connectivity index (χ2n) is 12.7. The summed E-state index contributed by atoms with van der Waals surface area (Å²) in [6.45, 7) is 9.99. The minimum absolute atomic E-state index is 0.0131. The van der Waals surface area contributed by atoms with Gasteiger partial charge in [-0.05, 0) is 50.5 Å². The van der Waals surface area contributed by atoms with Crippen LogP contribution in [0.3, 0.4) is 0 Å². The van der Waals surface area contributed by atoms with Crippen LogP contribution >= 0.6 is 0 Å². The molecule has 0 fully saturated rings. The number of esters is 2. The molecule has 0 unspecified atom stereocenters. The first-order valence-corrected chi connectivity index (χ1v) is 17.0. The van der Waals surface area contributed by atoms with Crippen molar-refractivity contribution < 1.29 is 38.1 Å². The van der Waals surface area contributed by atoms with Gasteiger partial charge in [-0.25, -0.2) is 34.3 Å². The zero-order valence-corrected chi connectivity index (χ0v) is 31.4. The number of benzene rings is 2. The van der Waals surface area contributed by atoms with Crippen molar-refractivity contribution in [2.24, 2.45) is 0 Å². The predicted octanol–water partition coefficient (Wildman–Crippen LogP) is 5.73. The van der Waals surface area contributed by atoms with Crippen LogP contribution < -0.4 is 11.5 Å². The Balaban J connectivity index is 0.000000295. The Labute approximate surface area is 310 Å². The van der Waals surface area contributed by atoms with Crippen LogP contribution in [0.15, 0.2) is 60.9 Å². The van der Waals surface area contributed by atoms with Crippen molar-refractivity contribution in [3.63, 3.8) is 0 Å². The highest BCUT2D eigenvalue weighted by molar-refractivity contribution is 5.93. The Hall–Kier alpha value is -5.67. The van der Waals surface area contributed by atoms with Crippen LogP contribution in [0.1, 0.15) is 72.6 Å². The third kappa shape index (κ3) is 13.4. The molecule has 1 amide bonds. The molecule has 4 N–H and O–H groups in total. The van der Waals surface area contributed by atoms with E-state index >= 15 is 0 Å². The number of carbonyl (C=O) groups is 3. The summed E-state index contributed by atoms with van der Waals surface area (Å²) in [4.78, 5) is 53.4. The van der Waals surface area contributed by atoms with E-state index in [1.54, 1.807) is 13.2 Å². The van der Waals surface area contributed by atoms with Crippen molar-refractivity contribution in [1.82, 2.24) is 24.8 Å². The monoisotopic (exact) mass is 731 g/mol. The molecule has 2 heterocycles. The lowest BCUT2D eigenvalue weighted by molar-refractivity contribution is 0.0221. The summed E-state index contributed by atoms with van der Waals surface area (Å²) in [5, 5.41) is 0. The van der Waals surface area contributed by atoms with Crippen molar-refractivity contribution in [2.45, 2.75) is 59.4 Å². The molecule has 0 radical (unpaired) electrons. The summed E-state index contributed by atoms with van der Waals surface area (Å²) in [6, 6.07) is 15.3. The van der Waals surface area contributed by atoms with Crippen molar-refractivity contribution in [1.29, 1.82) is 0 Å². The molecule has 15 heteroatoms. The first kappa shape index (κ1) is 41.7. The lowest BCUT2D eigenvalue weighted by Crippen LogP contribution is -2.36. The van der Waals surface area contributed by atoms with E-state index in [-0.39, 0.29) is 23.0 Å². The maximum absolute atomic E-state index is 11.9. The summed E-state index contributed by atoms with van der Waals surface area (Å²) < 4.78 is 25.9. The topological polar surface area (TPSA) is 204 Å². The maximum Gasteiger partial charge on any atom is 0.410 e. The molecule has 0 saturated heterocycles. The van der Waals surface area contributed by atoms with Crippen molar-refractivity contribution >= 4 is 29.7 Å². The highest BCUT2D eigenvalue weighted by atomic mass is 16.6. The van der Waals surface area contributed by atoms with Crippen LogP contribution in [0.5, 0.6) is 0 Å². The molecule has 284 valence electrons. The fourth-order valence-electron chi connectivity index (χ4n) is 4.47. The molecule has 0 aliphatic carbocycles. The Morgan fingerprint density at radius 2 is 1.23 bits per heavy atom. The van der Waals surface area contributed by atoms with Crippen LogP contribution in [0.25, 0.3) is 22.5 Å². The Bertz CT molecular complexity index is 1830. The molecule has 0 atom stereocenters. The van der Waals surface area contributed by atoms with Crippen LogP contribution in [0.2, 0.25) is 0 Å². The van der Waals surface area contributed by atoms with Gasteiger partial charge in [0.2, 0.25) is 0 Å². The summed E-state index contributed by atoms with van der Waals surface area (Å²) in [5.74, 6) is -1.18. The minimum atomic E-state index is -0.643. The van der Waals surface area contributed by atoms with Crippen molar-refractivity contribution in [3.8, 4) is 22.5 Å². The lowest BCUT2D eigenvalue weighted by Gasteiger charge is -2.24. The SMILES string of the molecule is CCCCOCc1cccc(-c2cnc(N)c(C(=O)OC)n2)c1.COC(=O)c1nc(-c2cccc(COCCN(C)C(=O)OC(C)(C)C)c2)cnc1N. The highest BCUT2D eigenvalue weighted by Gasteiger charge is 2.20. The fraction of sp³-hybridized carbons (Fsp3) is 0.395. The van der Waals surface area contributed by atoms with E-state index in [2.05, 4.69) is 36.3 Å². The lowest BCUT2D eigenvalue weighted by atomic mass is 10.1. The van der Waals surface area contributed by atoms with E-state index in [4.69, 9.17) is 25.7 Å². The zero-order valence-electron chi connectivity index (χ0n) is 31.4. The van der Waals surface area contributed by atoms with Gasteiger partial charge in [0.1, 0.15) is 5.60 Å². The molecule has 2 aromatic heterocycles. The first-order chi connectivity index (χ1) is 25.3. The number of hydrogen-bond donors (Lipinski definition) is 2. The van der Waals surface area contributed by atoms with Gasteiger partial charge in [0.15, 0.2) is 23.0 Å². The van der Waals surface area contributed by atoms with Gasteiger partial charge in [0, 0.05) is 31.3 Å². The van der Waals surface area contributed by atoms with E-state index < -0.39 is 23.6 Å². The molecule has 0 aliphatic heterocycles. The second-order valence-corrected chi connectivity index (χ2v) is 12.7. The second kappa shape index (κ2) is 20.4. The molecule has 4 aromatic rings. The fourth-order valence-corrected chi connectivity index (χ4v) is 4.47. The number of unbranched alkanes of at least 4 members (excludes halogenated alkanes) is 1. The molecule has 53 heavy (non-hydrogen) atoms. The van der Waals surface area contributed by atoms with Gasteiger partial charge in [0.05, 0.1) is 57.8 Å².